The van der Waals surface area contributed by atoms with Gasteiger partial charge in [0.2, 0.25) is 0 Å². The number of ketones is 1. The van der Waals surface area contributed by atoms with E-state index in [9.17, 15) is 14.3 Å². The molecule has 0 radical (unpaired) electrons. The molecule has 2 aromatic carbocycles. The molecular weight excluding hydrogens is 427 g/mol. The average Bonchev–Trinajstić information content (AvgIpc) is 3.62. The number of halogens is 2. The second-order valence-corrected chi connectivity index (χ2v) is 9.03. The van der Waals surface area contributed by atoms with Gasteiger partial charge in [0, 0.05) is 23.5 Å². The van der Waals surface area contributed by atoms with Crippen LogP contribution in [0.2, 0.25) is 5.02 Å². The van der Waals surface area contributed by atoms with Gasteiger partial charge in [-0.3, -0.25) is 9.78 Å². The van der Waals surface area contributed by atoms with E-state index in [4.69, 9.17) is 11.6 Å². The number of rotatable bonds is 9. The fourth-order valence-corrected chi connectivity index (χ4v) is 4.41. The molecule has 168 valence electrons. The van der Waals surface area contributed by atoms with Crippen LogP contribution in [0.1, 0.15) is 62.7 Å². The monoisotopic (exact) mass is 454 g/mol. The van der Waals surface area contributed by atoms with Crippen molar-refractivity contribution in [1.82, 2.24) is 4.98 Å². The maximum absolute atomic E-state index is 14.1. The van der Waals surface area contributed by atoms with Crippen molar-refractivity contribution in [3.63, 3.8) is 0 Å². The number of nitrogens with zero attached hydrogens (tertiary/aromatic N) is 1. The molecule has 0 unspecified atom stereocenters. The molecule has 1 heterocycles. The molecule has 1 fully saturated rings. The van der Waals surface area contributed by atoms with Gasteiger partial charge in [-0.1, -0.05) is 44.4 Å². The van der Waals surface area contributed by atoms with Crippen LogP contribution in [0.5, 0.6) is 5.75 Å². The van der Waals surface area contributed by atoms with Gasteiger partial charge in [0.15, 0.2) is 17.3 Å². The van der Waals surface area contributed by atoms with Gasteiger partial charge in [-0.2, -0.15) is 0 Å². The van der Waals surface area contributed by atoms with E-state index in [1.165, 1.54) is 12.1 Å². The van der Waals surface area contributed by atoms with Crippen LogP contribution >= 0.6 is 11.6 Å². The SMILES string of the molecule is CCCC(CCC)Nc1c(C(=O)C2CC2)cnc2ccc(-c3cc(F)c(O)c(Cl)c3)cc12. The Morgan fingerprint density at radius 3 is 2.53 bits per heavy atom. The van der Waals surface area contributed by atoms with Crippen LogP contribution in [-0.2, 0) is 0 Å². The third kappa shape index (κ3) is 4.58. The number of hydrogen-bond donors (Lipinski definition) is 2. The van der Waals surface area contributed by atoms with Gasteiger partial charge in [0.05, 0.1) is 21.8 Å². The van der Waals surface area contributed by atoms with Crippen LogP contribution in [0.4, 0.5) is 10.1 Å². The highest BCUT2D eigenvalue weighted by molar-refractivity contribution is 6.32. The summed E-state index contributed by atoms with van der Waals surface area (Å²) in [7, 11) is 0. The molecule has 1 saturated carbocycles. The van der Waals surface area contributed by atoms with Crippen molar-refractivity contribution in [3.8, 4) is 16.9 Å². The van der Waals surface area contributed by atoms with Crippen molar-refractivity contribution in [2.24, 2.45) is 5.92 Å². The molecule has 0 atom stereocenters. The van der Waals surface area contributed by atoms with Gasteiger partial charge in [0.25, 0.3) is 0 Å². The number of aromatic hydroxyl groups is 1. The number of hydrogen-bond acceptors (Lipinski definition) is 4. The van der Waals surface area contributed by atoms with Gasteiger partial charge < -0.3 is 10.4 Å². The number of fused-ring (bicyclic) bond motifs is 1. The fourth-order valence-electron chi connectivity index (χ4n) is 4.20. The van der Waals surface area contributed by atoms with Crippen molar-refractivity contribution in [2.45, 2.75) is 58.4 Å². The summed E-state index contributed by atoms with van der Waals surface area (Å²) in [4.78, 5) is 17.6. The Balaban J connectivity index is 1.86. The summed E-state index contributed by atoms with van der Waals surface area (Å²) in [5.41, 5.74) is 3.49. The molecule has 0 saturated heterocycles. The number of phenolic OH excluding ortho intramolecular Hbond substituents is 1. The summed E-state index contributed by atoms with van der Waals surface area (Å²) in [6, 6.07) is 8.70. The van der Waals surface area contributed by atoms with Gasteiger partial charge in [-0.15, -0.1) is 0 Å². The lowest BCUT2D eigenvalue weighted by Crippen LogP contribution is -2.21. The second-order valence-electron chi connectivity index (χ2n) is 8.62. The molecular formula is C26H28ClFN2O2. The number of Topliss-reactive ketones (excluding diaryl/α,β-unsaturated/α-hetero) is 1. The molecule has 1 aromatic heterocycles. The number of anilines is 1. The average molecular weight is 455 g/mol. The number of carbonyl (C=O) groups excluding carboxylic acids is 1. The first-order valence-electron chi connectivity index (χ1n) is 11.3. The Morgan fingerprint density at radius 2 is 1.91 bits per heavy atom. The van der Waals surface area contributed by atoms with E-state index in [0.29, 0.717) is 11.1 Å². The van der Waals surface area contributed by atoms with Crippen LogP contribution in [0, 0.1) is 11.7 Å². The first kappa shape index (κ1) is 22.5. The van der Waals surface area contributed by atoms with Crippen LogP contribution in [0.15, 0.2) is 36.5 Å². The van der Waals surface area contributed by atoms with E-state index < -0.39 is 11.6 Å². The van der Waals surface area contributed by atoms with Gasteiger partial charge in [-0.05, 0) is 61.1 Å². The molecule has 0 bridgehead atoms. The highest BCUT2D eigenvalue weighted by Crippen LogP contribution is 2.39. The minimum absolute atomic E-state index is 0.0415. The molecule has 2 N–H and O–H groups in total. The number of pyridine rings is 1. The molecule has 3 aromatic rings. The molecule has 6 heteroatoms. The number of benzene rings is 2. The first-order valence-corrected chi connectivity index (χ1v) is 11.7. The summed E-state index contributed by atoms with van der Waals surface area (Å²) < 4.78 is 14.1. The Bertz CT molecular complexity index is 1130. The zero-order valence-electron chi connectivity index (χ0n) is 18.4. The van der Waals surface area contributed by atoms with E-state index in [-0.39, 0.29) is 22.8 Å². The number of carbonyl (C=O) groups is 1. The summed E-state index contributed by atoms with van der Waals surface area (Å²) in [5, 5.41) is 14.1. The molecule has 1 aliphatic rings. The van der Waals surface area contributed by atoms with Gasteiger partial charge in [-0.25, -0.2) is 4.39 Å². The molecule has 4 nitrogen and oxygen atoms in total. The topological polar surface area (TPSA) is 62.2 Å². The third-order valence-corrected chi connectivity index (χ3v) is 6.34. The third-order valence-electron chi connectivity index (χ3n) is 6.05. The molecule has 0 aliphatic heterocycles. The Labute approximate surface area is 192 Å². The Kier molecular flexibility index (Phi) is 6.66. The smallest absolute Gasteiger partial charge is 0.170 e. The zero-order chi connectivity index (χ0) is 22.8. The van der Waals surface area contributed by atoms with Crippen molar-refractivity contribution in [2.75, 3.05) is 5.32 Å². The Hall–Kier alpha value is -2.66. The highest BCUT2D eigenvalue weighted by atomic mass is 35.5. The second kappa shape index (κ2) is 9.45. The van der Waals surface area contributed by atoms with Gasteiger partial charge >= 0.3 is 0 Å². The van der Waals surface area contributed by atoms with Crippen molar-refractivity contribution in [1.29, 1.82) is 0 Å². The summed E-state index contributed by atoms with van der Waals surface area (Å²) in [6.07, 6.45) is 7.65. The number of aromatic nitrogens is 1. The molecule has 1 aliphatic carbocycles. The van der Waals surface area contributed by atoms with Crippen LogP contribution < -0.4 is 5.32 Å². The minimum Gasteiger partial charge on any atom is -0.504 e. The summed E-state index contributed by atoms with van der Waals surface area (Å²) in [5.74, 6) is -1.11. The molecule has 0 amide bonds. The van der Waals surface area contributed by atoms with Crippen LogP contribution in [-0.4, -0.2) is 21.9 Å². The number of nitrogens with one attached hydrogen (secondary N) is 1. The first-order chi connectivity index (χ1) is 15.4. The predicted octanol–water partition coefficient (Wildman–Crippen LogP) is 7.37. The maximum atomic E-state index is 14.1. The fraction of sp³-hybridized carbons (Fsp3) is 0.385. The van der Waals surface area contributed by atoms with Crippen LogP contribution in [0.3, 0.4) is 0 Å². The quantitative estimate of drug-likeness (QED) is 0.331. The maximum Gasteiger partial charge on any atom is 0.170 e. The molecule has 4 rings (SSSR count). The standard InChI is InChI=1S/C26H28ClFN2O2/c1-3-5-18(6-4-2)30-24-19-11-16(17-12-21(27)26(32)22(28)13-17)9-10-23(19)29-14-20(24)25(31)15-7-8-15/h9-15,18,32H,3-8H2,1-2H3,(H,29,30). The highest BCUT2D eigenvalue weighted by Gasteiger charge is 2.33. The molecule has 0 spiro atoms. The van der Waals surface area contributed by atoms with E-state index in [2.05, 4.69) is 24.1 Å². The molecule has 32 heavy (non-hydrogen) atoms. The van der Waals surface area contributed by atoms with E-state index >= 15 is 0 Å². The summed E-state index contributed by atoms with van der Waals surface area (Å²) in [6.45, 7) is 4.32. The largest absolute Gasteiger partial charge is 0.504 e. The van der Waals surface area contributed by atoms with E-state index in [0.717, 1.165) is 60.7 Å². The Morgan fingerprint density at radius 1 is 1.19 bits per heavy atom. The van der Waals surface area contributed by atoms with Crippen LogP contribution in [0.25, 0.3) is 22.0 Å². The van der Waals surface area contributed by atoms with Crippen molar-refractivity contribution in [3.05, 3.63) is 52.9 Å². The number of phenols is 1. The normalized spacial score (nSPS) is 13.7. The lowest BCUT2D eigenvalue weighted by Gasteiger charge is -2.22. The van der Waals surface area contributed by atoms with Crippen molar-refractivity contribution < 1.29 is 14.3 Å². The lowest BCUT2D eigenvalue weighted by molar-refractivity contribution is 0.0968. The lowest BCUT2D eigenvalue weighted by atomic mass is 9.97. The predicted molar refractivity (Wildman–Crippen MR) is 128 cm³/mol. The van der Waals surface area contributed by atoms with E-state index in [1.807, 2.05) is 18.2 Å². The summed E-state index contributed by atoms with van der Waals surface area (Å²) >= 11 is 6.01. The minimum atomic E-state index is -0.771. The zero-order valence-corrected chi connectivity index (χ0v) is 19.2. The van der Waals surface area contributed by atoms with Crippen molar-refractivity contribution >= 4 is 34.0 Å². The van der Waals surface area contributed by atoms with Gasteiger partial charge in [0.1, 0.15) is 0 Å². The van der Waals surface area contributed by atoms with E-state index in [1.54, 1.807) is 6.20 Å².